The second-order valence-electron chi connectivity index (χ2n) is 9.12. The van der Waals surface area contributed by atoms with Crippen molar-refractivity contribution in [3.05, 3.63) is 54.2 Å². The third kappa shape index (κ3) is 4.35. The van der Waals surface area contributed by atoms with Crippen molar-refractivity contribution < 1.29 is 0 Å². The van der Waals surface area contributed by atoms with Crippen LogP contribution in [0.1, 0.15) is 45.7 Å². The van der Waals surface area contributed by atoms with Gasteiger partial charge in [0.1, 0.15) is 5.82 Å². The summed E-state index contributed by atoms with van der Waals surface area (Å²) in [5.41, 5.74) is 13.7. The van der Waals surface area contributed by atoms with Crippen LogP contribution in [0.5, 0.6) is 0 Å². The molecule has 0 spiro atoms. The average molecular weight is 416 g/mol. The summed E-state index contributed by atoms with van der Waals surface area (Å²) in [5.74, 6) is 1.00. The minimum atomic E-state index is 0.0578. The highest BCUT2D eigenvalue weighted by atomic mass is 15.3. The molecule has 0 amide bonds. The predicted molar refractivity (Wildman–Crippen MR) is 128 cm³/mol. The maximum Gasteiger partial charge on any atom is 0.227 e. The molecule has 0 radical (unpaired) electrons. The van der Waals surface area contributed by atoms with Gasteiger partial charge in [0.25, 0.3) is 0 Å². The molecule has 1 atom stereocenters. The van der Waals surface area contributed by atoms with Gasteiger partial charge in [0, 0.05) is 12.7 Å². The van der Waals surface area contributed by atoms with Crippen molar-refractivity contribution in [2.45, 2.75) is 40.2 Å². The molecule has 4 aromatic rings. The molecular formula is C24H29N7. The van der Waals surface area contributed by atoms with Gasteiger partial charge in [0.2, 0.25) is 11.9 Å². The topological polar surface area (TPSA) is 107 Å². The van der Waals surface area contributed by atoms with Crippen LogP contribution in [0.3, 0.4) is 0 Å². The molecule has 0 bridgehead atoms. The molecule has 2 aromatic heterocycles. The molecule has 1 unspecified atom stereocenters. The summed E-state index contributed by atoms with van der Waals surface area (Å²) in [7, 11) is 0. The number of nitrogens with two attached hydrogens (primary N) is 2. The van der Waals surface area contributed by atoms with E-state index in [1.807, 2.05) is 0 Å². The van der Waals surface area contributed by atoms with E-state index in [4.69, 9.17) is 16.5 Å². The van der Waals surface area contributed by atoms with Gasteiger partial charge in [-0.2, -0.15) is 15.0 Å². The lowest BCUT2D eigenvalue weighted by atomic mass is 9.91. The number of nitrogen functional groups attached to an aromatic ring is 2. The van der Waals surface area contributed by atoms with Crippen molar-refractivity contribution in [1.29, 1.82) is 0 Å². The molecule has 0 fully saturated rings. The molecule has 2 aromatic carbocycles. The van der Waals surface area contributed by atoms with E-state index in [9.17, 15) is 0 Å². The number of nitrogens with zero attached hydrogens (tertiary/aromatic N) is 5. The highest BCUT2D eigenvalue weighted by Crippen LogP contribution is 2.32. The molecule has 0 aliphatic carbocycles. The fourth-order valence-corrected chi connectivity index (χ4v) is 3.79. The summed E-state index contributed by atoms with van der Waals surface area (Å²) in [4.78, 5) is 19.9. The quantitative estimate of drug-likeness (QED) is 0.485. The van der Waals surface area contributed by atoms with E-state index in [0.29, 0.717) is 17.0 Å². The Hall–Kier alpha value is -3.48. The number of aromatic nitrogens is 4. The summed E-state index contributed by atoms with van der Waals surface area (Å²) >= 11 is 0. The van der Waals surface area contributed by atoms with Crippen LogP contribution in [-0.2, 0) is 0 Å². The van der Waals surface area contributed by atoms with Gasteiger partial charge in [-0.3, -0.25) is 0 Å². The van der Waals surface area contributed by atoms with Gasteiger partial charge in [0.05, 0.1) is 11.4 Å². The first kappa shape index (κ1) is 20.8. The molecule has 2 heterocycles. The van der Waals surface area contributed by atoms with E-state index >= 15 is 0 Å². The summed E-state index contributed by atoms with van der Waals surface area (Å²) in [6.07, 6.45) is 2.67. The first-order chi connectivity index (χ1) is 14.7. The van der Waals surface area contributed by atoms with Gasteiger partial charge in [-0.25, -0.2) is 4.98 Å². The second-order valence-corrected chi connectivity index (χ2v) is 9.12. The number of hydrogen-bond acceptors (Lipinski definition) is 7. The summed E-state index contributed by atoms with van der Waals surface area (Å²) in [6, 6.07) is 14.9. The zero-order valence-electron chi connectivity index (χ0n) is 18.5. The van der Waals surface area contributed by atoms with Crippen molar-refractivity contribution in [3.8, 4) is 0 Å². The highest BCUT2D eigenvalue weighted by Gasteiger charge is 2.23. The van der Waals surface area contributed by atoms with E-state index in [2.05, 4.69) is 90.0 Å². The van der Waals surface area contributed by atoms with Gasteiger partial charge in [-0.05, 0) is 35.1 Å². The standard InChI is InChI=1S/C24H29N7/c1-15(17-11-7-9-16-8-5-6-10-18(16)17)31(13-12-24(2,3)4)23-27-14-19-20(25)28-22(26)29-21(19)30-23/h5-11,14-15H,12-13H2,1-4H3,(H4,25,26,27,28,29,30). The molecule has 4 N–H and O–H groups in total. The van der Waals surface area contributed by atoms with E-state index in [1.165, 1.54) is 16.3 Å². The van der Waals surface area contributed by atoms with Gasteiger partial charge in [-0.15, -0.1) is 0 Å². The van der Waals surface area contributed by atoms with Gasteiger partial charge in [0.15, 0.2) is 5.65 Å². The summed E-state index contributed by atoms with van der Waals surface area (Å²) in [5, 5.41) is 3.05. The fourth-order valence-electron chi connectivity index (χ4n) is 3.79. The van der Waals surface area contributed by atoms with Gasteiger partial charge >= 0.3 is 0 Å². The maximum atomic E-state index is 5.99. The lowest BCUT2D eigenvalue weighted by molar-refractivity contribution is 0.372. The lowest BCUT2D eigenvalue weighted by Gasteiger charge is -2.33. The average Bonchev–Trinajstić information content (AvgIpc) is 2.72. The Morgan fingerprint density at radius 2 is 1.68 bits per heavy atom. The molecule has 160 valence electrons. The molecule has 0 aliphatic rings. The fraction of sp³-hybridized carbons (Fsp3) is 0.333. The van der Waals surface area contributed by atoms with Crippen molar-refractivity contribution in [3.63, 3.8) is 0 Å². The SMILES string of the molecule is CC(c1cccc2ccccc12)N(CCC(C)(C)C)c1ncc2c(N)nc(N)nc2n1. The molecule has 7 nitrogen and oxygen atoms in total. The molecule has 0 saturated heterocycles. The molecule has 0 aliphatic heterocycles. The zero-order chi connectivity index (χ0) is 22.2. The number of fused-ring (bicyclic) bond motifs is 2. The first-order valence-electron chi connectivity index (χ1n) is 10.5. The number of benzene rings is 2. The van der Waals surface area contributed by atoms with Crippen LogP contribution in [-0.4, -0.2) is 26.5 Å². The molecule has 7 heteroatoms. The Morgan fingerprint density at radius 3 is 2.45 bits per heavy atom. The lowest BCUT2D eigenvalue weighted by Crippen LogP contribution is -2.32. The van der Waals surface area contributed by atoms with Crippen LogP contribution < -0.4 is 16.4 Å². The highest BCUT2D eigenvalue weighted by molar-refractivity contribution is 5.87. The van der Waals surface area contributed by atoms with Crippen LogP contribution >= 0.6 is 0 Å². The second kappa shape index (κ2) is 7.98. The molecule has 0 saturated carbocycles. The van der Waals surface area contributed by atoms with E-state index in [-0.39, 0.29) is 23.2 Å². The van der Waals surface area contributed by atoms with E-state index in [1.54, 1.807) is 6.20 Å². The Labute approximate surface area is 182 Å². The van der Waals surface area contributed by atoms with Crippen molar-refractivity contribution in [2.24, 2.45) is 5.41 Å². The molecule has 31 heavy (non-hydrogen) atoms. The smallest absolute Gasteiger partial charge is 0.227 e. The Bertz CT molecular complexity index is 1220. The van der Waals surface area contributed by atoms with E-state index < -0.39 is 0 Å². The Balaban J connectivity index is 1.81. The minimum absolute atomic E-state index is 0.0578. The maximum absolute atomic E-state index is 5.99. The van der Waals surface area contributed by atoms with Crippen LogP contribution in [0.25, 0.3) is 21.8 Å². The molecular weight excluding hydrogens is 386 g/mol. The van der Waals surface area contributed by atoms with Gasteiger partial charge in [-0.1, -0.05) is 63.2 Å². The number of hydrogen-bond donors (Lipinski definition) is 2. The van der Waals surface area contributed by atoms with E-state index in [0.717, 1.165) is 13.0 Å². The van der Waals surface area contributed by atoms with Crippen molar-refractivity contribution in [2.75, 3.05) is 22.9 Å². The summed E-state index contributed by atoms with van der Waals surface area (Å²) in [6.45, 7) is 9.72. The number of rotatable bonds is 5. The largest absolute Gasteiger partial charge is 0.383 e. The predicted octanol–water partition coefficient (Wildman–Crippen LogP) is 4.74. The zero-order valence-corrected chi connectivity index (χ0v) is 18.5. The normalized spacial score (nSPS) is 12.9. The van der Waals surface area contributed by atoms with Crippen molar-refractivity contribution >= 4 is 39.5 Å². The van der Waals surface area contributed by atoms with Crippen molar-refractivity contribution in [1.82, 2.24) is 19.9 Å². The van der Waals surface area contributed by atoms with Crippen LogP contribution in [0.4, 0.5) is 17.7 Å². The first-order valence-corrected chi connectivity index (χ1v) is 10.5. The van der Waals surface area contributed by atoms with Crippen LogP contribution in [0, 0.1) is 5.41 Å². The van der Waals surface area contributed by atoms with Crippen LogP contribution in [0.15, 0.2) is 48.7 Å². The third-order valence-corrected chi connectivity index (χ3v) is 5.59. The third-order valence-electron chi connectivity index (χ3n) is 5.59. The Kier molecular flexibility index (Phi) is 5.35. The van der Waals surface area contributed by atoms with Gasteiger partial charge < -0.3 is 16.4 Å². The molecule has 4 rings (SSSR count). The van der Waals surface area contributed by atoms with Crippen LogP contribution in [0.2, 0.25) is 0 Å². The minimum Gasteiger partial charge on any atom is -0.383 e. The Morgan fingerprint density at radius 1 is 0.935 bits per heavy atom. The summed E-state index contributed by atoms with van der Waals surface area (Å²) < 4.78 is 0. The monoisotopic (exact) mass is 415 g/mol. The number of anilines is 3.